The standard InChI is InChI=1S/C14H30S/c1-14(2)12-10-8-6-4-3-5-7-9-11-13-15/h14-15H,3-13H2,1-2H3. The average molecular weight is 230 g/mol. The Morgan fingerprint density at radius 1 is 0.667 bits per heavy atom. The molecule has 0 bridgehead atoms. The van der Waals surface area contributed by atoms with E-state index in [9.17, 15) is 0 Å². The van der Waals surface area contributed by atoms with E-state index in [0.717, 1.165) is 11.7 Å². The number of hydrogen-bond acceptors (Lipinski definition) is 1. The number of thiol groups is 1. The molecule has 0 atom stereocenters. The molecular formula is C14H30S. The molecule has 0 amide bonds. The second-order valence-electron chi connectivity index (χ2n) is 5.09. The lowest BCUT2D eigenvalue weighted by Crippen LogP contribution is -1.87. The van der Waals surface area contributed by atoms with Gasteiger partial charge < -0.3 is 0 Å². The van der Waals surface area contributed by atoms with Crippen molar-refractivity contribution in [3.63, 3.8) is 0 Å². The van der Waals surface area contributed by atoms with Crippen LogP contribution in [0.3, 0.4) is 0 Å². The molecule has 0 saturated carbocycles. The van der Waals surface area contributed by atoms with Crippen molar-refractivity contribution in [2.45, 2.75) is 78.1 Å². The third kappa shape index (κ3) is 14.4. The van der Waals surface area contributed by atoms with E-state index in [-0.39, 0.29) is 0 Å². The minimum absolute atomic E-state index is 0.895. The molecule has 0 rings (SSSR count). The highest BCUT2D eigenvalue weighted by Gasteiger charge is 1.94. The van der Waals surface area contributed by atoms with Crippen LogP contribution in [0.2, 0.25) is 0 Å². The molecule has 0 unspecified atom stereocenters. The number of hydrogen-bond donors (Lipinski definition) is 1. The largest absolute Gasteiger partial charge is 0.179 e. The van der Waals surface area contributed by atoms with Gasteiger partial charge in [-0.25, -0.2) is 0 Å². The SMILES string of the molecule is CC(C)CCCCCCCCCCCS. The molecule has 0 N–H and O–H groups in total. The van der Waals surface area contributed by atoms with E-state index < -0.39 is 0 Å². The molecule has 0 nitrogen and oxygen atoms in total. The van der Waals surface area contributed by atoms with E-state index in [0.29, 0.717) is 0 Å². The van der Waals surface area contributed by atoms with Crippen LogP contribution in [-0.4, -0.2) is 5.75 Å². The summed E-state index contributed by atoms with van der Waals surface area (Å²) in [6.07, 6.45) is 14.2. The fourth-order valence-corrected chi connectivity index (χ4v) is 2.13. The Bertz CT molecular complexity index is 110. The Labute approximate surface area is 103 Å². The van der Waals surface area contributed by atoms with E-state index >= 15 is 0 Å². The first-order chi connectivity index (χ1) is 7.27. The van der Waals surface area contributed by atoms with Crippen LogP contribution in [-0.2, 0) is 0 Å². The molecule has 0 aromatic rings. The molecule has 92 valence electrons. The van der Waals surface area contributed by atoms with Gasteiger partial charge in [-0.2, -0.15) is 12.6 Å². The van der Waals surface area contributed by atoms with Crippen molar-refractivity contribution in [3.8, 4) is 0 Å². The average Bonchev–Trinajstić information content (AvgIpc) is 2.20. The molecule has 0 aliphatic rings. The third-order valence-corrected chi connectivity index (χ3v) is 3.26. The maximum Gasteiger partial charge on any atom is -0.00979 e. The van der Waals surface area contributed by atoms with Gasteiger partial charge in [-0.3, -0.25) is 0 Å². The molecule has 0 spiro atoms. The zero-order chi connectivity index (χ0) is 11.4. The Hall–Kier alpha value is 0.350. The summed E-state index contributed by atoms with van der Waals surface area (Å²) in [5.74, 6) is 1.96. The van der Waals surface area contributed by atoms with Crippen molar-refractivity contribution in [3.05, 3.63) is 0 Å². The Kier molecular flexibility index (Phi) is 12.7. The lowest BCUT2D eigenvalue weighted by Gasteiger charge is -2.04. The summed E-state index contributed by atoms with van der Waals surface area (Å²) in [5, 5.41) is 0. The first kappa shape index (κ1) is 15.3. The lowest BCUT2D eigenvalue weighted by molar-refractivity contribution is 0.507. The van der Waals surface area contributed by atoms with Crippen LogP contribution in [0, 0.1) is 5.92 Å². The predicted octanol–water partition coefficient (Wildman–Crippen LogP) is 5.47. The van der Waals surface area contributed by atoms with Gasteiger partial charge in [0.1, 0.15) is 0 Å². The molecular weight excluding hydrogens is 200 g/mol. The van der Waals surface area contributed by atoms with Crippen LogP contribution >= 0.6 is 12.6 Å². The van der Waals surface area contributed by atoms with Gasteiger partial charge in [0.25, 0.3) is 0 Å². The quantitative estimate of drug-likeness (QED) is 0.353. The van der Waals surface area contributed by atoms with E-state index in [1.165, 1.54) is 64.2 Å². The normalized spacial score (nSPS) is 11.2. The van der Waals surface area contributed by atoms with E-state index in [1.807, 2.05) is 0 Å². The second kappa shape index (κ2) is 12.4. The van der Waals surface area contributed by atoms with Crippen LogP contribution in [0.5, 0.6) is 0 Å². The summed E-state index contributed by atoms with van der Waals surface area (Å²) in [5.41, 5.74) is 0. The third-order valence-electron chi connectivity index (χ3n) is 2.94. The zero-order valence-electron chi connectivity index (χ0n) is 10.8. The fraction of sp³-hybridized carbons (Fsp3) is 1.00. The van der Waals surface area contributed by atoms with Crippen LogP contribution in [0.4, 0.5) is 0 Å². The van der Waals surface area contributed by atoms with Gasteiger partial charge >= 0.3 is 0 Å². The highest BCUT2D eigenvalue weighted by atomic mass is 32.1. The molecule has 0 saturated heterocycles. The van der Waals surface area contributed by atoms with Gasteiger partial charge in [-0.1, -0.05) is 71.6 Å². The minimum atomic E-state index is 0.895. The molecule has 15 heavy (non-hydrogen) atoms. The lowest BCUT2D eigenvalue weighted by atomic mass is 10.0. The maximum absolute atomic E-state index is 4.22. The molecule has 0 aromatic carbocycles. The molecule has 0 aromatic heterocycles. The van der Waals surface area contributed by atoms with Crippen LogP contribution in [0.25, 0.3) is 0 Å². The van der Waals surface area contributed by atoms with E-state index in [4.69, 9.17) is 0 Å². The summed E-state index contributed by atoms with van der Waals surface area (Å²) < 4.78 is 0. The molecule has 0 heterocycles. The van der Waals surface area contributed by atoms with Gasteiger partial charge in [-0.05, 0) is 18.1 Å². The summed E-state index contributed by atoms with van der Waals surface area (Å²) in [6.45, 7) is 4.64. The minimum Gasteiger partial charge on any atom is -0.179 e. The van der Waals surface area contributed by atoms with Gasteiger partial charge in [0.2, 0.25) is 0 Å². The van der Waals surface area contributed by atoms with Gasteiger partial charge in [0.15, 0.2) is 0 Å². The predicted molar refractivity (Wildman–Crippen MR) is 74.9 cm³/mol. The van der Waals surface area contributed by atoms with Gasteiger partial charge in [0, 0.05) is 0 Å². The Morgan fingerprint density at radius 3 is 1.47 bits per heavy atom. The van der Waals surface area contributed by atoms with Crippen molar-refractivity contribution in [2.75, 3.05) is 5.75 Å². The maximum atomic E-state index is 4.22. The summed E-state index contributed by atoms with van der Waals surface area (Å²) >= 11 is 4.22. The zero-order valence-corrected chi connectivity index (χ0v) is 11.7. The fourth-order valence-electron chi connectivity index (χ4n) is 1.90. The summed E-state index contributed by atoms with van der Waals surface area (Å²) in [7, 11) is 0. The highest BCUT2D eigenvalue weighted by Crippen LogP contribution is 2.12. The van der Waals surface area contributed by atoms with Crippen LogP contribution in [0.15, 0.2) is 0 Å². The molecule has 0 aliphatic carbocycles. The second-order valence-corrected chi connectivity index (χ2v) is 5.54. The van der Waals surface area contributed by atoms with E-state index in [2.05, 4.69) is 26.5 Å². The number of unbranched alkanes of at least 4 members (excludes halogenated alkanes) is 8. The van der Waals surface area contributed by atoms with Crippen LogP contribution in [0.1, 0.15) is 78.1 Å². The van der Waals surface area contributed by atoms with Crippen LogP contribution < -0.4 is 0 Å². The Balaban J connectivity index is 2.87. The van der Waals surface area contributed by atoms with E-state index in [1.54, 1.807) is 0 Å². The topological polar surface area (TPSA) is 0 Å². The van der Waals surface area contributed by atoms with Gasteiger partial charge in [0.05, 0.1) is 0 Å². The highest BCUT2D eigenvalue weighted by molar-refractivity contribution is 7.80. The summed E-state index contributed by atoms with van der Waals surface area (Å²) in [6, 6.07) is 0. The molecule has 0 aliphatic heterocycles. The summed E-state index contributed by atoms with van der Waals surface area (Å²) in [4.78, 5) is 0. The van der Waals surface area contributed by atoms with Crippen molar-refractivity contribution >= 4 is 12.6 Å². The first-order valence-electron chi connectivity index (χ1n) is 6.88. The Morgan fingerprint density at radius 2 is 1.07 bits per heavy atom. The molecule has 0 fully saturated rings. The van der Waals surface area contributed by atoms with Crippen molar-refractivity contribution < 1.29 is 0 Å². The first-order valence-corrected chi connectivity index (χ1v) is 7.51. The monoisotopic (exact) mass is 230 g/mol. The van der Waals surface area contributed by atoms with Gasteiger partial charge in [-0.15, -0.1) is 0 Å². The van der Waals surface area contributed by atoms with Crippen molar-refractivity contribution in [1.82, 2.24) is 0 Å². The van der Waals surface area contributed by atoms with Crippen molar-refractivity contribution in [1.29, 1.82) is 0 Å². The molecule has 0 radical (unpaired) electrons. The number of rotatable bonds is 11. The van der Waals surface area contributed by atoms with Crippen molar-refractivity contribution in [2.24, 2.45) is 5.92 Å². The smallest absolute Gasteiger partial charge is 0.00979 e. The molecule has 1 heteroatoms.